The van der Waals surface area contributed by atoms with E-state index in [1.54, 1.807) is 0 Å². The number of nitrogens with zero attached hydrogens (tertiary/aromatic N) is 1. The first-order valence-electron chi connectivity index (χ1n) is 7.20. The Bertz CT molecular complexity index is 387. The predicted octanol–water partition coefficient (Wildman–Crippen LogP) is 2.62. The monoisotopic (exact) mass is 278 g/mol. The summed E-state index contributed by atoms with van der Waals surface area (Å²) in [6.07, 6.45) is 8.53. The van der Waals surface area contributed by atoms with E-state index in [4.69, 9.17) is 4.74 Å². The Hall–Kier alpha value is -0.580. The molecule has 3 rings (SSSR count). The lowest BCUT2D eigenvalue weighted by atomic mass is 9.85. The van der Waals surface area contributed by atoms with E-state index >= 15 is 0 Å². The number of nitrogens with one attached hydrogen (secondary N) is 1. The molecular formula is C15H22N2OS. The first-order chi connectivity index (χ1) is 9.36. The van der Waals surface area contributed by atoms with Crippen molar-refractivity contribution in [1.82, 2.24) is 10.3 Å². The summed E-state index contributed by atoms with van der Waals surface area (Å²) in [6.45, 7) is 1.83. The Balaban J connectivity index is 1.53. The number of pyridine rings is 1. The van der Waals surface area contributed by atoms with Crippen LogP contribution in [0.5, 0.6) is 0 Å². The normalized spacial score (nSPS) is 26.4. The minimum absolute atomic E-state index is 0.177. The lowest BCUT2D eigenvalue weighted by Gasteiger charge is -2.43. The molecule has 2 aliphatic rings. The number of rotatable bonds is 3. The smallest absolute Gasteiger partial charge is 0.0713 e. The first kappa shape index (κ1) is 13.4. The van der Waals surface area contributed by atoms with Gasteiger partial charge in [0.1, 0.15) is 0 Å². The van der Waals surface area contributed by atoms with Crippen molar-refractivity contribution < 1.29 is 4.74 Å². The zero-order valence-corrected chi connectivity index (χ0v) is 12.1. The van der Waals surface area contributed by atoms with E-state index in [9.17, 15) is 0 Å². The van der Waals surface area contributed by atoms with Gasteiger partial charge in [-0.1, -0.05) is 6.07 Å². The fourth-order valence-corrected chi connectivity index (χ4v) is 4.30. The van der Waals surface area contributed by atoms with Crippen LogP contribution in [0.3, 0.4) is 0 Å². The third-order valence-electron chi connectivity index (χ3n) is 4.21. The maximum Gasteiger partial charge on any atom is 0.0713 e. The van der Waals surface area contributed by atoms with Crippen molar-refractivity contribution in [1.29, 1.82) is 0 Å². The molecule has 3 heterocycles. The van der Waals surface area contributed by atoms with Gasteiger partial charge in [-0.3, -0.25) is 4.98 Å². The molecule has 104 valence electrons. The van der Waals surface area contributed by atoms with Crippen molar-refractivity contribution in [3.8, 4) is 0 Å². The molecule has 19 heavy (non-hydrogen) atoms. The molecule has 0 radical (unpaired) electrons. The minimum atomic E-state index is 0.177. The van der Waals surface area contributed by atoms with Gasteiger partial charge in [0, 0.05) is 31.6 Å². The number of hydrogen-bond donors (Lipinski definition) is 1. The van der Waals surface area contributed by atoms with E-state index in [0.717, 1.165) is 19.6 Å². The highest BCUT2D eigenvalue weighted by Crippen LogP contribution is 2.37. The molecule has 2 fully saturated rings. The Morgan fingerprint density at radius 2 is 2.32 bits per heavy atom. The van der Waals surface area contributed by atoms with E-state index in [0.29, 0.717) is 6.04 Å². The van der Waals surface area contributed by atoms with E-state index < -0.39 is 0 Å². The van der Waals surface area contributed by atoms with Crippen molar-refractivity contribution in [2.75, 3.05) is 18.1 Å². The van der Waals surface area contributed by atoms with Crippen molar-refractivity contribution >= 4 is 11.8 Å². The molecule has 0 aromatic carbocycles. The van der Waals surface area contributed by atoms with Crippen LogP contribution in [0.15, 0.2) is 24.5 Å². The predicted molar refractivity (Wildman–Crippen MR) is 79.3 cm³/mol. The van der Waals surface area contributed by atoms with Gasteiger partial charge in [-0.05, 0) is 48.8 Å². The van der Waals surface area contributed by atoms with Crippen LogP contribution >= 0.6 is 11.8 Å². The molecule has 1 unspecified atom stereocenters. The van der Waals surface area contributed by atoms with Gasteiger partial charge in [0.05, 0.1) is 5.60 Å². The minimum Gasteiger partial charge on any atom is -0.375 e. The highest BCUT2D eigenvalue weighted by molar-refractivity contribution is 7.99. The fraction of sp³-hybridized carbons (Fsp3) is 0.667. The topological polar surface area (TPSA) is 34.2 Å². The van der Waals surface area contributed by atoms with Crippen molar-refractivity contribution in [2.24, 2.45) is 0 Å². The van der Waals surface area contributed by atoms with Crippen molar-refractivity contribution in [3.05, 3.63) is 30.1 Å². The van der Waals surface area contributed by atoms with Gasteiger partial charge in [0.25, 0.3) is 0 Å². The molecule has 1 aromatic rings. The van der Waals surface area contributed by atoms with Crippen LogP contribution in [0.4, 0.5) is 0 Å². The standard InChI is InChI=1S/C15H22N2OS/c1-2-13(11-16-6-1)12-17-14-3-7-18-15(10-14)4-8-19-9-5-15/h1-2,6,11,14,17H,3-5,7-10,12H2. The second kappa shape index (κ2) is 6.25. The summed E-state index contributed by atoms with van der Waals surface area (Å²) in [6, 6.07) is 4.73. The molecule has 2 saturated heterocycles. The van der Waals surface area contributed by atoms with Crippen molar-refractivity contribution in [3.63, 3.8) is 0 Å². The summed E-state index contributed by atoms with van der Waals surface area (Å²) in [5.74, 6) is 2.52. The molecular weight excluding hydrogens is 256 g/mol. The highest BCUT2D eigenvalue weighted by Gasteiger charge is 2.38. The third-order valence-corrected chi connectivity index (χ3v) is 5.20. The highest BCUT2D eigenvalue weighted by atomic mass is 32.2. The summed E-state index contributed by atoms with van der Waals surface area (Å²) in [5.41, 5.74) is 1.44. The number of aromatic nitrogens is 1. The SMILES string of the molecule is c1cncc(CNC2CCOC3(CCSCC3)C2)c1. The zero-order chi connectivity index (χ0) is 13.0. The Morgan fingerprint density at radius 1 is 1.42 bits per heavy atom. The summed E-state index contributed by atoms with van der Waals surface area (Å²) in [4.78, 5) is 4.16. The molecule has 4 heteroatoms. The molecule has 1 N–H and O–H groups in total. The van der Waals surface area contributed by atoms with Gasteiger partial charge >= 0.3 is 0 Å². The maximum absolute atomic E-state index is 6.12. The molecule has 0 saturated carbocycles. The molecule has 2 aliphatic heterocycles. The lowest BCUT2D eigenvalue weighted by Crippen LogP contribution is -2.48. The van der Waals surface area contributed by atoms with Crippen LogP contribution in [-0.4, -0.2) is 34.7 Å². The number of ether oxygens (including phenoxy) is 1. The van der Waals surface area contributed by atoms with E-state index in [-0.39, 0.29) is 5.60 Å². The average molecular weight is 278 g/mol. The molecule has 3 nitrogen and oxygen atoms in total. The maximum atomic E-state index is 6.12. The molecule has 0 bridgehead atoms. The van der Waals surface area contributed by atoms with E-state index in [2.05, 4.69) is 28.1 Å². The van der Waals surface area contributed by atoms with Crippen LogP contribution in [0.2, 0.25) is 0 Å². The van der Waals surface area contributed by atoms with Gasteiger partial charge in [-0.2, -0.15) is 11.8 Å². The average Bonchev–Trinajstić information content (AvgIpc) is 2.47. The van der Waals surface area contributed by atoms with Gasteiger partial charge in [-0.25, -0.2) is 0 Å². The van der Waals surface area contributed by atoms with Gasteiger partial charge in [0.15, 0.2) is 0 Å². The molecule has 1 aromatic heterocycles. The lowest BCUT2D eigenvalue weighted by molar-refractivity contribution is -0.0933. The third kappa shape index (κ3) is 3.50. The first-order valence-corrected chi connectivity index (χ1v) is 8.36. The quantitative estimate of drug-likeness (QED) is 0.921. The van der Waals surface area contributed by atoms with Gasteiger partial charge in [-0.15, -0.1) is 0 Å². The largest absolute Gasteiger partial charge is 0.375 e. The van der Waals surface area contributed by atoms with Crippen LogP contribution in [0.25, 0.3) is 0 Å². The van der Waals surface area contributed by atoms with Crippen LogP contribution in [0.1, 0.15) is 31.2 Å². The Morgan fingerprint density at radius 3 is 3.11 bits per heavy atom. The van der Waals surface area contributed by atoms with Gasteiger partial charge in [0.2, 0.25) is 0 Å². The number of hydrogen-bond acceptors (Lipinski definition) is 4. The molecule has 1 atom stereocenters. The molecule has 1 spiro atoms. The summed E-state index contributed by atoms with van der Waals surface area (Å²) < 4.78 is 6.12. The van der Waals surface area contributed by atoms with Crippen LogP contribution < -0.4 is 5.32 Å². The van der Waals surface area contributed by atoms with E-state index in [1.165, 1.54) is 36.3 Å². The molecule has 0 aliphatic carbocycles. The second-order valence-corrected chi connectivity index (χ2v) is 6.80. The van der Waals surface area contributed by atoms with Crippen molar-refractivity contribution in [2.45, 2.75) is 43.9 Å². The summed E-state index contributed by atoms with van der Waals surface area (Å²) in [5, 5.41) is 3.68. The fourth-order valence-electron chi connectivity index (χ4n) is 3.06. The van der Waals surface area contributed by atoms with Crippen LogP contribution in [0, 0.1) is 0 Å². The second-order valence-electron chi connectivity index (χ2n) is 5.58. The van der Waals surface area contributed by atoms with E-state index in [1.807, 2.05) is 18.5 Å². The summed E-state index contributed by atoms with van der Waals surface area (Å²) in [7, 11) is 0. The Labute approximate surface area is 119 Å². The molecule has 0 amide bonds. The van der Waals surface area contributed by atoms with Crippen LogP contribution in [-0.2, 0) is 11.3 Å². The summed E-state index contributed by atoms with van der Waals surface area (Å²) >= 11 is 2.07. The zero-order valence-electron chi connectivity index (χ0n) is 11.3. The number of thioether (sulfide) groups is 1. The Kier molecular flexibility index (Phi) is 4.41. The van der Waals surface area contributed by atoms with Gasteiger partial charge < -0.3 is 10.1 Å².